The van der Waals surface area contributed by atoms with Gasteiger partial charge in [-0.25, -0.2) is 4.39 Å². The average molecular weight is 347 g/mol. The van der Waals surface area contributed by atoms with E-state index >= 15 is 0 Å². The van der Waals surface area contributed by atoms with Gasteiger partial charge in [0, 0.05) is 44.5 Å². The fourth-order valence-corrected chi connectivity index (χ4v) is 4.13. The van der Waals surface area contributed by atoms with E-state index in [1.165, 1.54) is 18.6 Å². The minimum atomic E-state index is -0.200. The van der Waals surface area contributed by atoms with Crippen LogP contribution in [0.15, 0.2) is 24.3 Å². The second kappa shape index (κ2) is 8.17. The summed E-state index contributed by atoms with van der Waals surface area (Å²) < 4.78 is 13.1. The van der Waals surface area contributed by atoms with E-state index in [-0.39, 0.29) is 11.9 Å². The quantitative estimate of drug-likeness (QED) is 0.837. The second-order valence-electron chi connectivity index (χ2n) is 7.26. The summed E-state index contributed by atoms with van der Waals surface area (Å²) in [5.41, 5.74) is 1.06. The number of anilines is 1. The molecule has 1 amide bonds. The summed E-state index contributed by atoms with van der Waals surface area (Å²) >= 11 is 0. The lowest BCUT2D eigenvalue weighted by Gasteiger charge is -2.42. The van der Waals surface area contributed by atoms with Crippen molar-refractivity contribution in [2.75, 3.05) is 37.6 Å². The van der Waals surface area contributed by atoms with Crippen molar-refractivity contribution in [1.29, 1.82) is 0 Å². The van der Waals surface area contributed by atoms with E-state index in [0.717, 1.165) is 57.7 Å². The third kappa shape index (κ3) is 4.14. The first kappa shape index (κ1) is 18.2. The number of halogens is 1. The van der Waals surface area contributed by atoms with E-state index in [2.05, 4.69) is 28.5 Å². The van der Waals surface area contributed by atoms with E-state index < -0.39 is 0 Å². The van der Waals surface area contributed by atoms with Crippen molar-refractivity contribution in [2.45, 2.75) is 51.6 Å². The SMILES string of the molecule is CCC1CCCCN1C(=O)C(C)N1CCN(c2ccc(F)cc2)CC1. The molecule has 0 bridgehead atoms. The number of hydrogen-bond donors (Lipinski definition) is 0. The normalized spacial score (nSPS) is 23.6. The molecule has 3 rings (SSSR count). The Morgan fingerprint density at radius 1 is 1.12 bits per heavy atom. The van der Waals surface area contributed by atoms with Crippen molar-refractivity contribution in [3.8, 4) is 0 Å². The molecule has 2 saturated heterocycles. The maximum absolute atomic E-state index is 13.1. The Morgan fingerprint density at radius 3 is 2.44 bits per heavy atom. The van der Waals surface area contributed by atoms with Gasteiger partial charge < -0.3 is 9.80 Å². The van der Waals surface area contributed by atoms with Crippen LogP contribution in [0.1, 0.15) is 39.5 Å². The van der Waals surface area contributed by atoms with Crippen LogP contribution in [-0.2, 0) is 4.79 Å². The summed E-state index contributed by atoms with van der Waals surface area (Å²) in [6.07, 6.45) is 4.57. The summed E-state index contributed by atoms with van der Waals surface area (Å²) in [4.78, 5) is 19.7. The number of amides is 1. The molecule has 0 aromatic heterocycles. The van der Waals surface area contributed by atoms with Crippen molar-refractivity contribution < 1.29 is 9.18 Å². The lowest BCUT2D eigenvalue weighted by atomic mass is 9.99. The van der Waals surface area contributed by atoms with E-state index in [1.807, 2.05) is 12.1 Å². The van der Waals surface area contributed by atoms with E-state index in [0.29, 0.717) is 11.9 Å². The Labute approximate surface area is 150 Å². The van der Waals surface area contributed by atoms with Crippen LogP contribution in [0.4, 0.5) is 10.1 Å². The first-order valence-corrected chi connectivity index (χ1v) is 9.65. The molecular formula is C20H30FN3O. The largest absolute Gasteiger partial charge is 0.369 e. The Hall–Kier alpha value is -1.62. The number of benzene rings is 1. The minimum Gasteiger partial charge on any atom is -0.369 e. The second-order valence-corrected chi connectivity index (χ2v) is 7.26. The van der Waals surface area contributed by atoms with Crippen LogP contribution >= 0.6 is 0 Å². The fraction of sp³-hybridized carbons (Fsp3) is 0.650. The van der Waals surface area contributed by atoms with Crippen LogP contribution in [-0.4, -0.2) is 60.5 Å². The summed E-state index contributed by atoms with van der Waals surface area (Å²) in [7, 11) is 0. The van der Waals surface area contributed by atoms with Crippen molar-refractivity contribution >= 4 is 11.6 Å². The molecule has 2 fully saturated rings. The zero-order valence-electron chi connectivity index (χ0n) is 15.5. The van der Waals surface area contributed by atoms with Crippen LogP contribution < -0.4 is 4.90 Å². The molecule has 2 heterocycles. The smallest absolute Gasteiger partial charge is 0.239 e. The van der Waals surface area contributed by atoms with Gasteiger partial charge >= 0.3 is 0 Å². The van der Waals surface area contributed by atoms with Gasteiger partial charge in [-0.1, -0.05) is 6.92 Å². The summed E-state index contributed by atoms with van der Waals surface area (Å²) in [5, 5.41) is 0. The van der Waals surface area contributed by atoms with Gasteiger partial charge in [-0.05, 0) is 56.9 Å². The monoisotopic (exact) mass is 347 g/mol. The maximum atomic E-state index is 13.1. The predicted octanol–water partition coefficient (Wildman–Crippen LogP) is 3.13. The molecule has 2 aliphatic heterocycles. The molecule has 0 spiro atoms. The molecule has 138 valence electrons. The van der Waals surface area contributed by atoms with Crippen molar-refractivity contribution in [3.05, 3.63) is 30.1 Å². The number of carbonyl (C=O) groups is 1. The Morgan fingerprint density at radius 2 is 1.80 bits per heavy atom. The van der Waals surface area contributed by atoms with Gasteiger partial charge in [-0.3, -0.25) is 9.69 Å². The molecule has 25 heavy (non-hydrogen) atoms. The van der Waals surface area contributed by atoms with Crippen LogP contribution in [0.3, 0.4) is 0 Å². The molecule has 0 radical (unpaired) electrons. The number of piperidine rings is 1. The molecule has 1 aromatic carbocycles. The molecule has 4 nitrogen and oxygen atoms in total. The summed E-state index contributed by atoms with van der Waals surface area (Å²) in [6.45, 7) is 8.64. The Bertz CT molecular complexity index is 569. The van der Waals surface area contributed by atoms with Gasteiger partial charge in [0.25, 0.3) is 0 Å². The minimum absolute atomic E-state index is 0.0532. The number of likely N-dealkylation sites (tertiary alicyclic amines) is 1. The van der Waals surface area contributed by atoms with Crippen molar-refractivity contribution in [2.24, 2.45) is 0 Å². The van der Waals surface area contributed by atoms with Crippen LogP contribution in [0, 0.1) is 5.82 Å². The van der Waals surface area contributed by atoms with Crippen LogP contribution in [0.2, 0.25) is 0 Å². The number of carbonyl (C=O) groups excluding carboxylic acids is 1. The van der Waals surface area contributed by atoms with Gasteiger partial charge in [0.2, 0.25) is 5.91 Å². The highest BCUT2D eigenvalue weighted by Gasteiger charge is 2.32. The van der Waals surface area contributed by atoms with E-state index in [9.17, 15) is 9.18 Å². The Kier molecular flexibility index (Phi) is 5.94. The highest BCUT2D eigenvalue weighted by Crippen LogP contribution is 2.23. The lowest BCUT2D eigenvalue weighted by molar-refractivity contribution is -0.140. The lowest BCUT2D eigenvalue weighted by Crippen LogP contribution is -2.56. The predicted molar refractivity (Wildman–Crippen MR) is 99.3 cm³/mol. The first-order chi connectivity index (χ1) is 12.1. The third-order valence-electron chi connectivity index (χ3n) is 5.79. The third-order valence-corrected chi connectivity index (χ3v) is 5.79. The maximum Gasteiger partial charge on any atom is 0.239 e. The topological polar surface area (TPSA) is 26.8 Å². The van der Waals surface area contributed by atoms with Crippen LogP contribution in [0.25, 0.3) is 0 Å². The molecule has 2 unspecified atom stereocenters. The van der Waals surface area contributed by atoms with Gasteiger partial charge in [0.15, 0.2) is 0 Å². The van der Waals surface area contributed by atoms with Gasteiger partial charge in [0.05, 0.1) is 6.04 Å². The molecule has 1 aromatic rings. The van der Waals surface area contributed by atoms with Gasteiger partial charge in [-0.2, -0.15) is 0 Å². The molecule has 0 aliphatic carbocycles. The van der Waals surface area contributed by atoms with E-state index in [1.54, 1.807) is 0 Å². The molecule has 5 heteroatoms. The zero-order valence-corrected chi connectivity index (χ0v) is 15.5. The first-order valence-electron chi connectivity index (χ1n) is 9.65. The number of nitrogens with zero attached hydrogens (tertiary/aromatic N) is 3. The van der Waals surface area contributed by atoms with Crippen molar-refractivity contribution in [1.82, 2.24) is 9.80 Å². The molecule has 0 N–H and O–H groups in total. The fourth-order valence-electron chi connectivity index (χ4n) is 4.13. The number of hydrogen-bond acceptors (Lipinski definition) is 3. The molecule has 2 atom stereocenters. The molecule has 2 aliphatic rings. The highest BCUT2D eigenvalue weighted by atomic mass is 19.1. The Balaban J connectivity index is 1.56. The van der Waals surface area contributed by atoms with Crippen molar-refractivity contribution in [3.63, 3.8) is 0 Å². The average Bonchev–Trinajstić information content (AvgIpc) is 2.67. The number of piperazine rings is 1. The van der Waals surface area contributed by atoms with Gasteiger partial charge in [-0.15, -0.1) is 0 Å². The zero-order chi connectivity index (χ0) is 17.8. The number of rotatable bonds is 4. The van der Waals surface area contributed by atoms with E-state index in [4.69, 9.17) is 0 Å². The highest BCUT2D eigenvalue weighted by molar-refractivity contribution is 5.82. The standard InChI is InChI=1S/C20H30FN3O/c1-3-18-6-4-5-11-24(18)20(25)16(2)22-12-14-23(15-13-22)19-9-7-17(21)8-10-19/h7-10,16,18H,3-6,11-15H2,1-2H3. The van der Waals surface area contributed by atoms with Crippen LogP contribution in [0.5, 0.6) is 0 Å². The summed E-state index contributed by atoms with van der Waals surface area (Å²) in [5.74, 6) is 0.0930. The summed E-state index contributed by atoms with van der Waals surface area (Å²) in [6, 6.07) is 7.05. The molecule has 0 saturated carbocycles. The van der Waals surface area contributed by atoms with Gasteiger partial charge in [0.1, 0.15) is 5.82 Å². The molecular weight excluding hydrogens is 317 g/mol.